The molecule has 1 saturated heterocycles. The molecule has 2 atom stereocenters. The zero-order valence-electron chi connectivity index (χ0n) is 15.1. The molecule has 27 heavy (non-hydrogen) atoms. The van der Waals surface area contributed by atoms with Gasteiger partial charge in [0.25, 0.3) is 5.91 Å². The molecule has 1 N–H and O–H groups in total. The fourth-order valence-corrected chi connectivity index (χ4v) is 3.83. The van der Waals surface area contributed by atoms with Crippen LogP contribution < -0.4 is 10.4 Å². The SMILES string of the molecule is CC[C@H](C)[C@@H](NC(=O)CCN1C(=O)/C(=C\c2ccccc2)SC1=S)C(=O)[O-]. The number of amides is 2. The fraction of sp³-hybridized carbons (Fsp3) is 0.368. The van der Waals surface area contributed by atoms with Crippen molar-refractivity contribution in [2.24, 2.45) is 5.92 Å². The number of carbonyl (C=O) groups is 3. The van der Waals surface area contributed by atoms with Gasteiger partial charge in [-0.1, -0.05) is 74.6 Å². The van der Waals surface area contributed by atoms with E-state index in [9.17, 15) is 19.5 Å². The van der Waals surface area contributed by atoms with E-state index in [4.69, 9.17) is 12.2 Å². The lowest BCUT2D eigenvalue weighted by molar-refractivity contribution is -0.309. The minimum Gasteiger partial charge on any atom is -0.548 e. The Labute approximate surface area is 168 Å². The lowest BCUT2D eigenvalue weighted by Gasteiger charge is -2.25. The number of carbonyl (C=O) groups excluding carboxylic acids is 3. The molecule has 1 aromatic carbocycles. The Hall–Kier alpha value is -2.19. The molecular weight excluding hydrogens is 384 g/mol. The van der Waals surface area contributed by atoms with Crippen LogP contribution in [0.1, 0.15) is 32.3 Å². The van der Waals surface area contributed by atoms with Crippen LogP contribution in [-0.2, 0) is 14.4 Å². The maximum atomic E-state index is 12.5. The maximum absolute atomic E-state index is 12.5. The molecule has 0 bridgehead atoms. The zero-order chi connectivity index (χ0) is 20.0. The minimum absolute atomic E-state index is 0.0364. The quantitative estimate of drug-likeness (QED) is 0.521. The van der Waals surface area contributed by atoms with Crippen molar-refractivity contribution >= 4 is 52.2 Å². The van der Waals surface area contributed by atoms with Gasteiger partial charge in [-0.2, -0.15) is 0 Å². The highest BCUT2D eigenvalue weighted by Gasteiger charge is 2.32. The Bertz CT molecular complexity index is 764. The van der Waals surface area contributed by atoms with Gasteiger partial charge in [-0.05, 0) is 17.6 Å². The normalized spacial score (nSPS) is 17.9. The summed E-state index contributed by atoms with van der Waals surface area (Å²) < 4.78 is 0.383. The predicted octanol–water partition coefficient (Wildman–Crippen LogP) is 1.56. The highest BCUT2D eigenvalue weighted by molar-refractivity contribution is 8.26. The average molecular weight is 406 g/mol. The van der Waals surface area contributed by atoms with E-state index in [1.165, 1.54) is 16.7 Å². The third-order valence-corrected chi connectivity index (χ3v) is 5.69. The number of rotatable bonds is 8. The highest BCUT2D eigenvalue weighted by atomic mass is 32.2. The maximum Gasteiger partial charge on any atom is 0.266 e. The van der Waals surface area contributed by atoms with E-state index in [1.807, 2.05) is 37.3 Å². The molecule has 144 valence electrons. The van der Waals surface area contributed by atoms with E-state index >= 15 is 0 Å². The first-order valence-corrected chi connectivity index (χ1v) is 9.86. The number of benzene rings is 1. The van der Waals surface area contributed by atoms with Gasteiger partial charge in [-0.15, -0.1) is 0 Å². The van der Waals surface area contributed by atoms with Crippen molar-refractivity contribution in [2.45, 2.75) is 32.7 Å². The van der Waals surface area contributed by atoms with Gasteiger partial charge in [-0.25, -0.2) is 0 Å². The summed E-state index contributed by atoms with van der Waals surface area (Å²) in [7, 11) is 0. The van der Waals surface area contributed by atoms with Crippen molar-refractivity contribution in [2.75, 3.05) is 6.54 Å². The van der Waals surface area contributed by atoms with Crippen LogP contribution in [0.15, 0.2) is 35.2 Å². The molecule has 0 aromatic heterocycles. The van der Waals surface area contributed by atoms with Gasteiger partial charge in [-0.3, -0.25) is 14.5 Å². The molecule has 1 aliphatic heterocycles. The van der Waals surface area contributed by atoms with Crippen LogP contribution in [0.4, 0.5) is 0 Å². The number of nitrogens with zero attached hydrogens (tertiary/aromatic N) is 1. The summed E-state index contributed by atoms with van der Waals surface area (Å²) in [5.74, 6) is -2.26. The van der Waals surface area contributed by atoms with E-state index in [-0.39, 0.29) is 24.8 Å². The second-order valence-electron chi connectivity index (χ2n) is 6.24. The minimum atomic E-state index is -1.31. The van der Waals surface area contributed by atoms with Crippen molar-refractivity contribution in [3.63, 3.8) is 0 Å². The number of hydrogen-bond donors (Lipinski definition) is 1. The van der Waals surface area contributed by atoms with Crippen molar-refractivity contribution in [3.05, 3.63) is 40.8 Å². The first-order chi connectivity index (χ1) is 12.8. The molecule has 0 saturated carbocycles. The van der Waals surface area contributed by atoms with Gasteiger partial charge in [0.2, 0.25) is 5.91 Å². The highest BCUT2D eigenvalue weighted by Crippen LogP contribution is 2.32. The van der Waals surface area contributed by atoms with E-state index < -0.39 is 17.9 Å². The summed E-state index contributed by atoms with van der Waals surface area (Å²) >= 11 is 6.43. The van der Waals surface area contributed by atoms with Crippen LogP contribution in [0.2, 0.25) is 0 Å². The molecule has 6 nitrogen and oxygen atoms in total. The van der Waals surface area contributed by atoms with E-state index in [2.05, 4.69) is 5.32 Å². The Morgan fingerprint density at radius 1 is 1.33 bits per heavy atom. The number of thiocarbonyl (C=S) groups is 1. The van der Waals surface area contributed by atoms with Gasteiger partial charge in [0.1, 0.15) is 4.32 Å². The molecule has 1 fully saturated rings. The Kier molecular flexibility index (Phi) is 7.55. The molecule has 0 spiro atoms. The standard InChI is InChI=1S/C19H22N2O4S2/c1-3-12(2)16(18(24)25)20-15(22)9-10-21-17(23)14(27-19(21)26)11-13-7-5-4-6-8-13/h4-8,11-12,16H,3,9-10H2,1-2H3,(H,20,22)(H,24,25)/p-1/b14-11+/t12-,16+/m0/s1. The van der Waals surface area contributed by atoms with Crippen LogP contribution in [-0.4, -0.2) is 39.6 Å². The van der Waals surface area contributed by atoms with Crippen LogP contribution in [0.5, 0.6) is 0 Å². The van der Waals surface area contributed by atoms with Crippen LogP contribution in [0.25, 0.3) is 6.08 Å². The molecule has 0 radical (unpaired) electrons. The Morgan fingerprint density at radius 3 is 2.59 bits per heavy atom. The summed E-state index contributed by atoms with van der Waals surface area (Å²) in [6.07, 6.45) is 2.32. The van der Waals surface area contributed by atoms with E-state index in [1.54, 1.807) is 13.0 Å². The van der Waals surface area contributed by atoms with Crippen molar-refractivity contribution in [3.8, 4) is 0 Å². The van der Waals surface area contributed by atoms with Gasteiger partial charge < -0.3 is 15.2 Å². The molecule has 2 rings (SSSR count). The monoisotopic (exact) mass is 405 g/mol. The number of aliphatic carboxylic acids is 1. The fourth-order valence-electron chi connectivity index (χ4n) is 2.52. The lowest BCUT2D eigenvalue weighted by atomic mass is 9.99. The van der Waals surface area contributed by atoms with Crippen molar-refractivity contribution in [1.82, 2.24) is 10.2 Å². The van der Waals surface area contributed by atoms with E-state index in [0.29, 0.717) is 15.6 Å². The van der Waals surface area contributed by atoms with Gasteiger partial charge in [0.15, 0.2) is 0 Å². The molecule has 1 aromatic rings. The van der Waals surface area contributed by atoms with E-state index in [0.717, 1.165) is 5.56 Å². The number of nitrogens with one attached hydrogen (secondary N) is 1. The molecule has 0 aliphatic carbocycles. The summed E-state index contributed by atoms with van der Waals surface area (Å²) in [4.78, 5) is 37.7. The molecule has 1 aliphatic rings. The Morgan fingerprint density at radius 2 is 2.00 bits per heavy atom. The molecule has 0 unspecified atom stereocenters. The number of thioether (sulfide) groups is 1. The summed E-state index contributed by atoms with van der Waals surface area (Å²) in [5, 5.41) is 13.7. The Balaban J connectivity index is 1.96. The smallest absolute Gasteiger partial charge is 0.266 e. The van der Waals surface area contributed by atoms with Gasteiger partial charge >= 0.3 is 0 Å². The first kappa shape index (κ1) is 21.1. The van der Waals surface area contributed by atoms with Crippen LogP contribution in [0.3, 0.4) is 0 Å². The molecular formula is C19H21N2O4S2-. The second kappa shape index (κ2) is 9.66. The third kappa shape index (κ3) is 5.64. The predicted molar refractivity (Wildman–Crippen MR) is 107 cm³/mol. The zero-order valence-corrected chi connectivity index (χ0v) is 16.8. The van der Waals surface area contributed by atoms with Crippen LogP contribution in [0, 0.1) is 5.92 Å². The number of hydrogen-bond acceptors (Lipinski definition) is 6. The average Bonchev–Trinajstić information content (AvgIpc) is 2.91. The molecule has 2 amide bonds. The lowest BCUT2D eigenvalue weighted by Crippen LogP contribution is -2.51. The largest absolute Gasteiger partial charge is 0.548 e. The first-order valence-electron chi connectivity index (χ1n) is 8.64. The van der Waals surface area contributed by atoms with Gasteiger partial charge in [0, 0.05) is 13.0 Å². The van der Waals surface area contributed by atoms with Crippen molar-refractivity contribution < 1.29 is 19.5 Å². The molecule has 1 heterocycles. The van der Waals surface area contributed by atoms with Crippen molar-refractivity contribution in [1.29, 1.82) is 0 Å². The topological polar surface area (TPSA) is 89.5 Å². The summed E-state index contributed by atoms with van der Waals surface area (Å²) in [6, 6.07) is 8.36. The number of carboxylic acids is 1. The summed E-state index contributed by atoms with van der Waals surface area (Å²) in [5.41, 5.74) is 0.890. The second-order valence-corrected chi connectivity index (χ2v) is 7.92. The summed E-state index contributed by atoms with van der Waals surface area (Å²) in [6.45, 7) is 3.67. The number of carboxylic acid groups (broad SMARTS) is 1. The molecule has 8 heteroatoms. The third-order valence-electron chi connectivity index (χ3n) is 4.32. The van der Waals surface area contributed by atoms with Gasteiger partial charge in [0.05, 0.1) is 16.9 Å². The van der Waals surface area contributed by atoms with Crippen LogP contribution >= 0.6 is 24.0 Å².